The van der Waals surface area contributed by atoms with Gasteiger partial charge >= 0.3 is 0 Å². The van der Waals surface area contributed by atoms with Crippen molar-refractivity contribution in [3.05, 3.63) is 33.3 Å². The molecule has 0 saturated carbocycles. The van der Waals surface area contributed by atoms with E-state index in [1.165, 1.54) is 0 Å². The number of rotatable bonds is 6. The van der Waals surface area contributed by atoms with E-state index in [-0.39, 0.29) is 11.9 Å². The van der Waals surface area contributed by atoms with E-state index in [1.54, 1.807) is 18.2 Å². The summed E-state index contributed by atoms with van der Waals surface area (Å²) in [4.78, 5) is 14.4. The third kappa shape index (κ3) is 5.13. The second-order valence-corrected chi connectivity index (χ2v) is 5.75. The molecule has 0 heterocycles. The first-order valence-electron chi connectivity index (χ1n) is 6.46. The molecule has 1 rings (SSSR count). The number of likely N-dealkylation sites (N-methyl/N-ethyl adjacent to an activating group) is 1. The average Bonchev–Trinajstić information content (AvgIpc) is 2.38. The maximum Gasteiger partial charge on any atom is 0.251 e. The Balaban J connectivity index is 2.61. The molecule has 5 heteroatoms. The molecule has 0 aromatic heterocycles. The standard InChI is InChI=1S/C14H20BrClN2O/c1-4-18(5-2)9-10(3)17-14(19)11-6-7-13(16)12(15)8-11/h6-8,10H,4-5,9H2,1-3H3,(H,17,19). The second kappa shape index (κ2) is 7.88. The summed E-state index contributed by atoms with van der Waals surface area (Å²) in [6.45, 7) is 9.09. The Kier molecular flexibility index (Phi) is 6.83. The van der Waals surface area contributed by atoms with Crippen LogP contribution in [0.3, 0.4) is 0 Å². The maximum absolute atomic E-state index is 12.1. The van der Waals surface area contributed by atoms with E-state index in [2.05, 4.69) is 40.0 Å². The third-order valence-corrected chi connectivity index (χ3v) is 4.20. The number of carbonyl (C=O) groups is 1. The van der Waals surface area contributed by atoms with Gasteiger partial charge in [0.15, 0.2) is 0 Å². The highest BCUT2D eigenvalue weighted by Gasteiger charge is 2.12. The Bertz CT molecular complexity index is 435. The summed E-state index contributed by atoms with van der Waals surface area (Å²) < 4.78 is 0.734. The fourth-order valence-corrected chi connectivity index (χ4v) is 2.36. The molecule has 3 nitrogen and oxygen atoms in total. The molecule has 1 atom stereocenters. The van der Waals surface area contributed by atoms with Gasteiger partial charge in [-0.05, 0) is 54.1 Å². The van der Waals surface area contributed by atoms with Gasteiger partial charge in [0.2, 0.25) is 0 Å². The first kappa shape index (κ1) is 16.5. The molecule has 106 valence electrons. The predicted molar refractivity (Wildman–Crippen MR) is 83.9 cm³/mol. The van der Waals surface area contributed by atoms with Crippen molar-refractivity contribution < 1.29 is 4.79 Å². The molecular formula is C14H20BrClN2O. The van der Waals surface area contributed by atoms with Crippen molar-refractivity contribution in [2.75, 3.05) is 19.6 Å². The Hall–Kier alpha value is -0.580. The number of amides is 1. The van der Waals surface area contributed by atoms with Gasteiger partial charge in [-0.15, -0.1) is 0 Å². The number of hydrogen-bond donors (Lipinski definition) is 1. The minimum Gasteiger partial charge on any atom is -0.348 e. The molecule has 0 spiro atoms. The van der Waals surface area contributed by atoms with Crippen LogP contribution in [0, 0.1) is 0 Å². The van der Waals surface area contributed by atoms with Gasteiger partial charge in [-0.3, -0.25) is 4.79 Å². The molecule has 1 N–H and O–H groups in total. The van der Waals surface area contributed by atoms with E-state index in [9.17, 15) is 4.79 Å². The van der Waals surface area contributed by atoms with Crippen LogP contribution in [0.5, 0.6) is 0 Å². The summed E-state index contributed by atoms with van der Waals surface area (Å²) in [7, 11) is 0. The fraction of sp³-hybridized carbons (Fsp3) is 0.500. The molecule has 0 aliphatic rings. The average molecular weight is 348 g/mol. The molecule has 0 bridgehead atoms. The van der Waals surface area contributed by atoms with E-state index >= 15 is 0 Å². The molecule has 1 unspecified atom stereocenters. The van der Waals surface area contributed by atoms with Gasteiger partial charge in [0.1, 0.15) is 0 Å². The summed E-state index contributed by atoms with van der Waals surface area (Å²) in [5.41, 5.74) is 0.614. The molecule has 1 aromatic carbocycles. The van der Waals surface area contributed by atoms with Gasteiger partial charge in [0.25, 0.3) is 5.91 Å². The zero-order valence-electron chi connectivity index (χ0n) is 11.5. The fourth-order valence-electron chi connectivity index (χ4n) is 1.86. The van der Waals surface area contributed by atoms with Crippen LogP contribution < -0.4 is 5.32 Å². The van der Waals surface area contributed by atoms with Gasteiger partial charge in [-0.2, -0.15) is 0 Å². The topological polar surface area (TPSA) is 32.3 Å². The lowest BCUT2D eigenvalue weighted by molar-refractivity contribution is 0.0930. The summed E-state index contributed by atoms with van der Waals surface area (Å²) in [6, 6.07) is 5.30. The number of benzene rings is 1. The lowest BCUT2D eigenvalue weighted by atomic mass is 10.2. The van der Waals surface area contributed by atoms with Crippen molar-refractivity contribution in [3.63, 3.8) is 0 Å². The van der Waals surface area contributed by atoms with Crippen LogP contribution in [-0.2, 0) is 0 Å². The molecular weight excluding hydrogens is 328 g/mol. The lowest BCUT2D eigenvalue weighted by Crippen LogP contribution is -2.41. The van der Waals surface area contributed by atoms with Crippen molar-refractivity contribution in [1.29, 1.82) is 0 Å². The smallest absolute Gasteiger partial charge is 0.251 e. The van der Waals surface area contributed by atoms with Gasteiger partial charge in [-0.25, -0.2) is 0 Å². The highest BCUT2D eigenvalue weighted by Crippen LogP contribution is 2.23. The Labute approximate surface area is 128 Å². The Morgan fingerprint density at radius 1 is 1.42 bits per heavy atom. The number of nitrogens with zero attached hydrogens (tertiary/aromatic N) is 1. The minimum absolute atomic E-state index is 0.0722. The van der Waals surface area contributed by atoms with Crippen LogP contribution in [0.15, 0.2) is 22.7 Å². The normalized spacial score (nSPS) is 12.5. The van der Waals surface area contributed by atoms with Crippen molar-refractivity contribution in [2.45, 2.75) is 26.8 Å². The van der Waals surface area contributed by atoms with Crippen LogP contribution in [0.2, 0.25) is 5.02 Å². The molecule has 0 saturated heterocycles. The molecule has 0 radical (unpaired) electrons. The SMILES string of the molecule is CCN(CC)CC(C)NC(=O)c1ccc(Cl)c(Br)c1. The summed E-state index contributed by atoms with van der Waals surface area (Å²) in [5.74, 6) is -0.0722. The third-order valence-electron chi connectivity index (χ3n) is 2.99. The van der Waals surface area contributed by atoms with E-state index in [4.69, 9.17) is 11.6 Å². The van der Waals surface area contributed by atoms with Crippen molar-refractivity contribution in [1.82, 2.24) is 10.2 Å². The van der Waals surface area contributed by atoms with Crippen molar-refractivity contribution >= 4 is 33.4 Å². The monoisotopic (exact) mass is 346 g/mol. The summed E-state index contributed by atoms with van der Waals surface area (Å²) in [5, 5.41) is 3.60. The van der Waals surface area contributed by atoms with Crippen molar-refractivity contribution in [3.8, 4) is 0 Å². The minimum atomic E-state index is -0.0722. The predicted octanol–water partition coefficient (Wildman–Crippen LogP) is 3.56. The second-order valence-electron chi connectivity index (χ2n) is 4.49. The molecule has 1 aromatic rings. The van der Waals surface area contributed by atoms with Crippen LogP contribution in [0.1, 0.15) is 31.1 Å². The molecule has 19 heavy (non-hydrogen) atoms. The van der Waals surface area contributed by atoms with Crippen molar-refractivity contribution in [2.24, 2.45) is 0 Å². The first-order valence-corrected chi connectivity index (χ1v) is 7.63. The number of hydrogen-bond acceptors (Lipinski definition) is 2. The molecule has 0 aliphatic heterocycles. The lowest BCUT2D eigenvalue weighted by Gasteiger charge is -2.23. The Morgan fingerprint density at radius 2 is 2.05 bits per heavy atom. The van der Waals surface area contributed by atoms with Gasteiger partial charge in [0.05, 0.1) is 5.02 Å². The molecule has 1 amide bonds. The number of halogens is 2. The number of nitrogens with one attached hydrogen (secondary N) is 1. The summed E-state index contributed by atoms with van der Waals surface area (Å²) >= 11 is 9.24. The van der Waals surface area contributed by atoms with E-state index in [0.717, 1.165) is 24.1 Å². The van der Waals surface area contributed by atoms with E-state index in [0.29, 0.717) is 10.6 Å². The van der Waals surface area contributed by atoms with Gasteiger partial charge in [0, 0.05) is 22.6 Å². The molecule has 0 aliphatic carbocycles. The number of carbonyl (C=O) groups excluding carboxylic acids is 1. The maximum atomic E-state index is 12.1. The summed E-state index contributed by atoms with van der Waals surface area (Å²) in [6.07, 6.45) is 0. The molecule has 0 fully saturated rings. The quantitative estimate of drug-likeness (QED) is 0.853. The van der Waals surface area contributed by atoms with Crippen LogP contribution >= 0.6 is 27.5 Å². The van der Waals surface area contributed by atoms with Crippen LogP contribution in [-0.4, -0.2) is 36.5 Å². The highest BCUT2D eigenvalue weighted by atomic mass is 79.9. The zero-order valence-corrected chi connectivity index (χ0v) is 13.9. The van der Waals surface area contributed by atoms with Gasteiger partial charge < -0.3 is 10.2 Å². The van der Waals surface area contributed by atoms with E-state index < -0.39 is 0 Å². The van der Waals surface area contributed by atoms with E-state index in [1.807, 2.05) is 6.92 Å². The van der Waals surface area contributed by atoms with Crippen LogP contribution in [0.4, 0.5) is 0 Å². The zero-order chi connectivity index (χ0) is 14.4. The van der Waals surface area contributed by atoms with Gasteiger partial charge in [-0.1, -0.05) is 25.4 Å². The first-order chi connectivity index (χ1) is 8.97. The largest absolute Gasteiger partial charge is 0.348 e. The highest BCUT2D eigenvalue weighted by molar-refractivity contribution is 9.10. The van der Waals surface area contributed by atoms with Crippen LogP contribution in [0.25, 0.3) is 0 Å². The Morgan fingerprint density at radius 3 is 2.58 bits per heavy atom.